The van der Waals surface area contributed by atoms with E-state index in [1.165, 1.54) is 5.56 Å². The molecule has 2 aromatic rings. The van der Waals surface area contributed by atoms with Crippen LogP contribution in [0.3, 0.4) is 0 Å². The molecular formula is C12H17N3O. The molecule has 0 amide bonds. The van der Waals surface area contributed by atoms with Crippen molar-refractivity contribution in [1.29, 1.82) is 0 Å². The van der Waals surface area contributed by atoms with Gasteiger partial charge in [-0.3, -0.25) is 5.32 Å². The van der Waals surface area contributed by atoms with Gasteiger partial charge in [0.2, 0.25) is 0 Å². The quantitative estimate of drug-likeness (QED) is 0.595. The van der Waals surface area contributed by atoms with Crippen LogP contribution < -0.4 is 5.32 Å². The van der Waals surface area contributed by atoms with E-state index in [4.69, 9.17) is 5.11 Å². The third kappa shape index (κ3) is 2.08. The minimum atomic E-state index is 0.0327. The number of fused-ring (bicyclic) bond motifs is 1. The zero-order chi connectivity index (χ0) is 11.5. The van der Waals surface area contributed by atoms with Crippen molar-refractivity contribution >= 4 is 11.0 Å². The highest BCUT2D eigenvalue weighted by Crippen LogP contribution is 2.16. The standard InChI is InChI=1S/C12H17N3O/c1-9-14-11-7-10(5-6-13-8-16)3-4-12(11)15(9)2/h3-4,7,13,16H,5-6,8H2,1-2H3. The lowest BCUT2D eigenvalue weighted by atomic mass is 10.1. The Kier molecular flexibility index (Phi) is 3.22. The zero-order valence-electron chi connectivity index (χ0n) is 9.70. The Balaban J connectivity index is 2.23. The minimum absolute atomic E-state index is 0.0327. The van der Waals surface area contributed by atoms with Crippen LogP contribution >= 0.6 is 0 Å². The number of aliphatic hydroxyl groups excluding tert-OH is 1. The summed E-state index contributed by atoms with van der Waals surface area (Å²) in [6, 6.07) is 6.33. The summed E-state index contributed by atoms with van der Waals surface area (Å²) in [5.74, 6) is 1.03. The molecule has 4 heteroatoms. The summed E-state index contributed by atoms with van der Waals surface area (Å²) in [7, 11) is 2.03. The summed E-state index contributed by atoms with van der Waals surface area (Å²) in [5.41, 5.74) is 3.45. The van der Waals surface area contributed by atoms with Gasteiger partial charge >= 0.3 is 0 Å². The number of nitrogens with one attached hydrogen (secondary N) is 1. The van der Waals surface area contributed by atoms with Gasteiger partial charge in [0.15, 0.2) is 0 Å². The Morgan fingerprint density at radius 3 is 3.00 bits per heavy atom. The first-order valence-corrected chi connectivity index (χ1v) is 5.46. The van der Waals surface area contributed by atoms with Crippen LogP contribution in [0.2, 0.25) is 0 Å². The predicted octanol–water partition coefficient (Wildman–Crippen LogP) is 0.964. The lowest BCUT2D eigenvalue weighted by molar-refractivity contribution is 0.262. The fourth-order valence-corrected chi connectivity index (χ4v) is 1.83. The molecular weight excluding hydrogens is 202 g/mol. The number of hydrogen-bond donors (Lipinski definition) is 2. The second-order valence-electron chi connectivity index (χ2n) is 3.95. The van der Waals surface area contributed by atoms with E-state index in [0.717, 1.165) is 29.8 Å². The Hall–Kier alpha value is -1.39. The molecule has 0 saturated heterocycles. The van der Waals surface area contributed by atoms with E-state index in [0.29, 0.717) is 0 Å². The normalized spacial score (nSPS) is 11.2. The van der Waals surface area contributed by atoms with Gasteiger partial charge in [-0.15, -0.1) is 0 Å². The first-order valence-electron chi connectivity index (χ1n) is 5.46. The maximum Gasteiger partial charge on any atom is 0.106 e. The molecule has 4 nitrogen and oxygen atoms in total. The molecule has 0 aliphatic carbocycles. The maximum atomic E-state index is 8.63. The SMILES string of the molecule is Cc1nc2cc(CCNCO)ccc2n1C. The monoisotopic (exact) mass is 219 g/mol. The van der Waals surface area contributed by atoms with Crippen LogP contribution in [0, 0.1) is 6.92 Å². The van der Waals surface area contributed by atoms with Gasteiger partial charge in [-0.2, -0.15) is 0 Å². The summed E-state index contributed by atoms with van der Waals surface area (Å²) < 4.78 is 2.09. The van der Waals surface area contributed by atoms with Gasteiger partial charge in [-0.05, 0) is 31.0 Å². The fraction of sp³-hybridized carbons (Fsp3) is 0.417. The largest absolute Gasteiger partial charge is 0.381 e. The number of imidazole rings is 1. The molecule has 0 radical (unpaired) electrons. The van der Waals surface area contributed by atoms with Crippen molar-refractivity contribution in [3.05, 3.63) is 29.6 Å². The Morgan fingerprint density at radius 1 is 1.44 bits per heavy atom. The van der Waals surface area contributed by atoms with Crippen molar-refractivity contribution in [1.82, 2.24) is 14.9 Å². The Bertz CT molecular complexity index is 490. The molecule has 0 unspecified atom stereocenters. The van der Waals surface area contributed by atoms with Crippen molar-refractivity contribution in [3.8, 4) is 0 Å². The van der Waals surface area contributed by atoms with E-state index in [1.54, 1.807) is 0 Å². The summed E-state index contributed by atoms with van der Waals surface area (Å²) in [6.07, 6.45) is 0.909. The number of nitrogens with zero attached hydrogens (tertiary/aromatic N) is 2. The predicted molar refractivity (Wildman–Crippen MR) is 64.2 cm³/mol. The van der Waals surface area contributed by atoms with Gasteiger partial charge in [0, 0.05) is 13.6 Å². The number of aryl methyl sites for hydroxylation is 2. The molecule has 0 bridgehead atoms. The first kappa shape index (κ1) is 11.1. The van der Waals surface area contributed by atoms with Gasteiger partial charge in [0.25, 0.3) is 0 Å². The molecule has 1 aromatic heterocycles. The summed E-state index contributed by atoms with van der Waals surface area (Å²) in [6.45, 7) is 2.83. The zero-order valence-corrected chi connectivity index (χ0v) is 9.70. The lowest BCUT2D eigenvalue weighted by Gasteiger charge is -2.02. The van der Waals surface area contributed by atoms with Crippen molar-refractivity contribution in [3.63, 3.8) is 0 Å². The van der Waals surface area contributed by atoms with Crippen molar-refractivity contribution < 1.29 is 5.11 Å². The van der Waals surface area contributed by atoms with Crippen LogP contribution in [0.5, 0.6) is 0 Å². The number of aromatic nitrogens is 2. The molecule has 0 aliphatic rings. The maximum absolute atomic E-state index is 8.63. The average molecular weight is 219 g/mol. The molecule has 1 aromatic carbocycles. The highest BCUT2D eigenvalue weighted by Gasteiger charge is 2.04. The Morgan fingerprint density at radius 2 is 2.25 bits per heavy atom. The fourth-order valence-electron chi connectivity index (χ4n) is 1.83. The highest BCUT2D eigenvalue weighted by atomic mass is 16.3. The molecule has 0 spiro atoms. The molecule has 2 N–H and O–H groups in total. The van der Waals surface area contributed by atoms with Gasteiger partial charge in [-0.1, -0.05) is 6.07 Å². The third-order valence-electron chi connectivity index (χ3n) is 2.87. The van der Waals surface area contributed by atoms with Gasteiger partial charge in [-0.25, -0.2) is 4.98 Å². The lowest BCUT2D eigenvalue weighted by Crippen LogP contribution is -2.17. The van der Waals surface area contributed by atoms with Crippen LogP contribution in [0.1, 0.15) is 11.4 Å². The Labute approximate surface area is 94.9 Å². The number of rotatable bonds is 4. The summed E-state index contributed by atoms with van der Waals surface area (Å²) in [5, 5.41) is 11.5. The van der Waals surface area contributed by atoms with E-state index >= 15 is 0 Å². The van der Waals surface area contributed by atoms with Gasteiger partial charge < -0.3 is 9.67 Å². The number of benzene rings is 1. The van der Waals surface area contributed by atoms with Crippen LogP contribution in [-0.4, -0.2) is 27.9 Å². The summed E-state index contributed by atoms with van der Waals surface area (Å²) in [4.78, 5) is 4.49. The van der Waals surface area contributed by atoms with E-state index in [-0.39, 0.29) is 6.73 Å². The van der Waals surface area contributed by atoms with E-state index in [9.17, 15) is 0 Å². The molecule has 0 fully saturated rings. The van der Waals surface area contributed by atoms with Crippen LogP contribution in [0.15, 0.2) is 18.2 Å². The van der Waals surface area contributed by atoms with Crippen molar-refractivity contribution in [2.24, 2.45) is 7.05 Å². The van der Waals surface area contributed by atoms with Crippen molar-refractivity contribution in [2.45, 2.75) is 13.3 Å². The van der Waals surface area contributed by atoms with E-state index < -0.39 is 0 Å². The topological polar surface area (TPSA) is 50.1 Å². The molecule has 86 valence electrons. The van der Waals surface area contributed by atoms with Crippen LogP contribution in [-0.2, 0) is 13.5 Å². The molecule has 16 heavy (non-hydrogen) atoms. The first-order chi connectivity index (χ1) is 7.72. The van der Waals surface area contributed by atoms with E-state index in [1.807, 2.05) is 14.0 Å². The molecule has 0 aliphatic heterocycles. The number of hydrogen-bond acceptors (Lipinski definition) is 3. The second-order valence-corrected chi connectivity index (χ2v) is 3.95. The van der Waals surface area contributed by atoms with Crippen LogP contribution in [0.4, 0.5) is 0 Å². The smallest absolute Gasteiger partial charge is 0.106 e. The van der Waals surface area contributed by atoms with Gasteiger partial charge in [0.1, 0.15) is 5.82 Å². The summed E-state index contributed by atoms with van der Waals surface area (Å²) >= 11 is 0. The average Bonchev–Trinajstić information content (AvgIpc) is 2.55. The molecule has 0 atom stereocenters. The minimum Gasteiger partial charge on any atom is -0.381 e. The second kappa shape index (κ2) is 4.63. The number of aliphatic hydroxyl groups is 1. The molecule has 2 rings (SSSR count). The highest BCUT2D eigenvalue weighted by molar-refractivity contribution is 5.76. The third-order valence-corrected chi connectivity index (χ3v) is 2.87. The van der Waals surface area contributed by atoms with Crippen LogP contribution in [0.25, 0.3) is 11.0 Å². The van der Waals surface area contributed by atoms with E-state index in [2.05, 4.69) is 33.1 Å². The molecule has 0 saturated carbocycles. The molecule has 1 heterocycles. The van der Waals surface area contributed by atoms with Crippen molar-refractivity contribution in [2.75, 3.05) is 13.3 Å². The van der Waals surface area contributed by atoms with Gasteiger partial charge in [0.05, 0.1) is 17.8 Å².